The summed E-state index contributed by atoms with van der Waals surface area (Å²) in [5.74, 6) is 2.61. The Hall–Kier alpha value is -0.770. The molecule has 4 heteroatoms. The molecular weight excluding hydrogens is 250 g/mol. The summed E-state index contributed by atoms with van der Waals surface area (Å²) in [6.45, 7) is 2.71. The van der Waals surface area contributed by atoms with Gasteiger partial charge in [0.05, 0.1) is 0 Å². The van der Waals surface area contributed by atoms with Crippen molar-refractivity contribution in [1.82, 2.24) is 10.2 Å². The summed E-state index contributed by atoms with van der Waals surface area (Å²) < 4.78 is 0. The fourth-order valence-corrected chi connectivity index (χ4v) is 5.21. The molecule has 4 bridgehead atoms. The zero-order chi connectivity index (χ0) is 14.3. The second-order valence-corrected chi connectivity index (χ2v) is 7.67. The van der Waals surface area contributed by atoms with Gasteiger partial charge in [-0.2, -0.15) is 0 Å². The molecule has 0 aromatic heterocycles. The van der Waals surface area contributed by atoms with Gasteiger partial charge in [0.25, 0.3) is 0 Å². The van der Waals surface area contributed by atoms with Gasteiger partial charge in [-0.25, -0.2) is 4.79 Å². The molecule has 4 nitrogen and oxygen atoms in total. The highest BCUT2D eigenvalue weighted by Crippen LogP contribution is 2.55. The van der Waals surface area contributed by atoms with Gasteiger partial charge in [0.15, 0.2) is 0 Å². The van der Waals surface area contributed by atoms with Gasteiger partial charge in [0, 0.05) is 18.6 Å². The molecule has 1 atom stereocenters. The first-order chi connectivity index (χ1) is 9.51. The minimum absolute atomic E-state index is 0.105. The molecule has 0 aromatic carbocycles. The van der Waals surface area contributed by atoms with E-state index in [0.29, 0.717) is 6.54 Å². The van der Waals surface area contributed by atoms with Gasteiger partial charge in [-0.15, -0.1) is 0 Å². The lowest BCUT2D eigenvalue weighted by molar-refractivity contribution is -0.0158. The van der Waals surface area contributed by atoms with E-state index >= 15 is 0 Å². The number of hydrogen-bond acceptors (Lipinski definition) is 2. The highest BCUT2D eigenvalue weighted by Gasteiger charge is 2.51. The summed E-state index contributed by atoms with van der Waals surface area (Å²) in [5.41, 5.74) is 5.71. The van der Waals surface area contributed by atoms with Crippen molar-refractivity contribution >= 4 is 6.03 Å². The maximum atomic E-state index is 12.5. The van der Waals surface area contributed by atoms with Gasteiger partial charge in [-0.1, -0.05) is 0 Å². The topological polar surface area (TPSA) is 58.4 Å². The molecule has 0 aromatic rings. The zero-order valence-electron chi connectivity index (χ0n) is 12.9. The van der Waals surface area contributed by atoms with E-state index in [1.54, 1.807) is 0 Å². The van der Waals surface area contributed by atoms with E-state index in [4.69, 9.17) is 5.73 Å². The van der Waals surface area contributed by atoms with Crippen LogP contribution in [0.2, 0.25) is 0 Å². The molecule has 20 heavy (non-hydrogen) atoms. The molecule has 4 saturated carbocycles. The molecule has 2 amide bonds. The zero-order valence-corrected chi connectivity index (χ0v) is 12.9. The second kappa shape index (κ2) is 5.21. The van der Waals surface area contributed by atoms with Crippen LogP contribution in [-0.4, -0.2) is 36.1 Å². The molecule has 4 aliphatic carbocycles. The van der Waals surface area contributed by atoms with Crippen LogP contribution in [0.25, 0.3) is 0 Å². The third-order valence-electron chi connectivity index (χ3n) is 5.98. The van der Waals surface area contributed by atoms with Gasteiger partial charge in [0.2, 0.25) is 0 Å². The van der Waals surface area contributed by atoms with Crippen LogP contribution in [-0.2, 0) is 0 Å². The van der Waals surface area contributed by atoms with E-state index in [0.717, 1.165) is 24.2 Å². The molecule has 4 fully saturated rings. The van der Waals surface area contributed by atoms with E-state index < -0.39 is 0 Å². The first-order valence-electron chi connectivity index (χ1n) is 8.26. The maximum absolute atomic E-state index is 12.5. The number of nitrogens with one attached hydrogen (secondary N) is 1. The lowest BCUT2D eigenvalue weighted by Gasteiger charge is -2.57. The molecular formula is C16H29N3O. The standard InChI is InChI=1S/C16H29N3O/c1-11(3-4-17)19(2)15(20)18-16-8-12-5-13(9-16)7-14(6-12)10-16/h11-14H,3-10,17H2,1-2H3,(H,18,20). The van der Waals surface area contributed by atoms with Crippen molar-refractivity contribution in [3.8, 4) is 0 Å². The Morgan fingerprint density at radius 3 is 2.20 bits per heavy atom. The summed E-state index contributed by atoms with van der Waals surface area (Å²) in [7, 11) is 1.90. The maximum Gasteiger partial charge on any atom is 0.317 e. The van der Waals surface area contributed by atoms with Crippen LogP contribution in [0.15, 0.2) is 0 Å². The highest BCUT2D eigenvalue weighted by atomic mass is 16.2. The second-order valence-electron chi connectivity index (χ2n) is 7.67. The average molecular weight is 279 g/mol. The largest absolute Gasteiger partial charge is 0.333 e. The Balaban J connectivity index is 1.64. The Morgan fingerprint density at radius 1 is 1.25 bits per heavy atom. The van der Waals surface area contributed by atoms with Gasteiger partial charge in [-0.3, -0.25) is 0 Å². The monoisotopic (exact) mass is 279 g/mol. The van der Waals surface area contributed by atoms with Gasteiger partial charge in [-0.05, 0) is 76.2 Å². The van der Waals surface area contributed by atoms with Crippen LogP contribution in [0.1, 0.15) is 51.9 Å². The van der Waals surface area contributed by atoms with Crippen molar-refractivity contribution in [2.45, 2.75) is 63.5 Å². The van der Waals surface area contributed by atoms with Crippen LogP contribution >= 0.6 is 0 Å². The average Bonchev–Trinajstić information content (AvgIpc) is 2.35. The van der Waals surface area contributed by atoms with Crippen LogP contribution in [0.3, 0.4) is 0 Å². The number of hydrogen-bond donors (Lipinski definition) is 2. The third kappa shape index (κ3) is 2.54. The minimum atomic E-state index is 0.105. The summed E-state index contributed by atoms with van der Waals surface area (Å²) >= 11 is 0. The van der Waals surface area contributed by atoms with Gasteiger partial charge < -0.3 is 16.0 Å². The quantitative estimate of drug-likeness (QED) is 0.830. The van der Waals surface area contributed by atoms with Gasteiger partial charge in [0.1, 0.15) is 0 Å². The summed E-state index contributed by atoms with van der Waals surface area (Å²) in [6, 6.07) is 0.321. The van der Waals surface area contributed by atoms with E-state index in [1.807, 2.05) is 11.9 Å². The van der Waals surface area contributed by atoms with Crippen molar-refractivity contribution in [1.29, 1.82) is 0 Å². The molecule has 0 radical (unpaired) electrons. The Kier molecular flexibility index (Phi) is 3.69. The number of amides is 2. The van der Waals surface area contributed by atoms with Crippen molar-refractivity contribution in [3.05, 3.63) is 0 Å². The van der Waals surface area contributed by atoms with Crippen molar-refractivity contribution < 1.29 is 4.79 Å². The van der Waals surface area contributed by atoms with Crippen molar-refractivity contribution in [3.63, 3.8) is 0 Å². The minimum Gasteiger partial charge on any atom is -0.333 e. The fourth-order valence-electron chi connectivity index (χ4n) is 5.21. The lowest BCUT2D eigenvalue weighted by Crippen LogP contribution is -2.62. The fraction of sp³-hybridized carbons (Fsp3) is 0.938. The molecule has 4 rings (SSSR count). The Morgan fingerprint density at radius 2 is 1.75 bits per heavy atom. The Labute approximate surface area is 122 Å². The SMILES string of the molecule is CC(CCN)N(C)C(=O)NC12CC3CC(CC(C3)C1)C2. The number of nitrogens with two attached hydrogens (primary N) is 1. The number of carbonyl (C=O) groups is 1. The van der Waals surface area contributed by atoms with Crippen molar-refractivity contribution in [2.75, 3.05) is 13.6 Å². The molecule has 1 unspecified atom stereocenters. The summed E-state index contributed by atoms with van der Waals surface area (Å²) in [6.07, 6.45) is 8.74. The molecule has 0 aliphatic heterocycles. The number of urea groups is 1. The predicted octanol–water partition coefficient (Wildman–Crippen LogP) is 2.33. The van der Waals surface area contributed by atoms with Crippen LogP contribution in [0.4, 0.5) is 4.79 Å². The van der Waals surface area contributed by atoms with E-state index in [9.17, 15) is 4.79 Å². The molecule has 4 aliphatic rings. The molecule has 0 spiro atoms. The molecule has 3 N–H and O–H groups in total. The van der Waals surface area contributed by atoms with E-state index in [1.165, 1.54) is 38.5 Å². The first-order valence-corrected chi connectivity index (χ1v) is 8.26. The van der Waals surface area contributed by atoms with Gasteiger partial charge >= 0.3 is 6.03 Å². The molecule has 114 valence electrons. The van der Waals surface area contributed by atoms with Crippen LogP contribution < -0.4 is 11.1 Å². The smallest absolute Gasteiger partial charge is 0.317 e. The Bertz CT molecular complexity index is 347. The third-order valence-corrected chi connectivity index (χ3v) is 5.98. The number of nitrogens with zero attached hydrogens (tertiary/aromatic N) is 1. The molecule has 0 saturated heterocycles. The van der Waals surface area contributed by atoms with Crippen LogP contribution in [0, 0.1) is 17.8 Å². The first kappa shape index (κ1) is 14.2. The van der Waals surface area contributed by atoms with E-state index in [-0.39, 0.29) is 17.6 Å². The normalized spacial score (nSPS) is 39.6. The lowest BCUT2D eigenvalue weighted by atomic mass is 9.53. The predicted molar refractivity (Wildman–Crippen MR) is 80.3 cm³/mol. The number of carbonyl (C=O) groups excluding carboxylic acids is 1. The number of rotatable bonds is 4. The summed E-state index contributed by atoms with van der Waals surface area (Å²) in [5, 5.41) is 3.41. The molecule has 0 heterocycles. The van der Waals surface area contributed by atoms with Crippen molar-refractivity contribution in [2.24, 2.45) is 23.5 Å². The highest BCUT2D eigenvalue weighted by molar-refractivity contribution is 5.75. The van der Waals surface area contributed by atoms with Crippen LogP contribution in [0.5, 0.6) is 0 Å². The van der Waals surface area contributed by atoms with E-state index in [2.05, 4.69) is 12.2 Å². The summed E-state index contributed by atoms with van der Waals surface area (Å²) in [4.78, 5) is 14.4.